The molecule has 0 fully saturated rings. The van der Waals surface area contributed by atoms with Gasteiger partial charge >= 0.3 is 83.7 Å². The molecule has 0 heterocycles. The Morgan fingerprint density at radius 2 is 0.431 bits per heavy atom. The van der Waals surface area contributed by atoms with E-state index < -0.39 is 0 Å². The number of aryl methyl sites for hydroxylation is 12. The molecule has 0 aliphatic rings. The maximum absolute atomic E-state index is 2.31. The minimum absolute atomic E-state index is 0. The van der Waals surface area contributed by atoms with Crippen LogP contribution in [0.15, 0.2) is 97.1 Å². The van der Waals surface area contributed by atoms with E-state index in [-0.39, 0.29) is 35.7 Å². The van der Waals surface area contributed by atoms with Crippen LogP contribution in [0.3, 0.4) is 0 Å². The molecule has 0 radical (unpaired) electrons. The van der Waals surface area contributed by atoms with Crippen LogP contribution in [0.25, 0.3) is 43.1 Å². The Bertz CT molecular complexity index is 2080. The van der Waals surface area contributed by atoms with Gasteiger partial charge in [0.2, 0.25) is 0 Å². The van der Waals surface area contributed by atoms with E-state index >= 15 is 0 Å². The van der Waals surface area contributed by atoms with Crippen molar-refractivity contribution in [3.8, 4) is 0 Å². The van der Waals surface area contributed by atoms with E-state index in [0.717, 1.165) is 0 Å². The fraction of sp³-hybridized carbons (Fsp3) is 0.308. The van der Waals surface area contributed by atoms with Gasteiger partial charge in [-0.25, -0.2) is 0 Å². The summed E-state index contributed by atoms with van der Waals surface area (Å²) in [6.07, 6.45) is 0. The van der Waals surface area contributed by atoms with Gasteiger partial charge in [-0.3, -0.25) is 0 Å². The fourth-order valence-corrected chi connectivity index (χ4v) is 6.57. The Balaban J connectivity index is 0.000000360. The maximum atomic E-state index is 2.31. The second-order valence-electron chi connectivity index (χ2n) is 16.4. The van der Waals surface area contributed by atoms with Gasteiger partial charge < -0.3 is 24.8 Å². The molecule has 8 aromatic rings. The van der Waals surface area contributed by atoms with Crippen LogP contribution in [-0.4, -0.2) is 10.9 Å². The molecule has 0 saturated heterocycles. The van der Waals surface area contributed by atoms with Gasteiger partial charge in [-0.1, -0.05) is 72.2 Å². The van der Waals surface area contributed by atoms with Gasteiger partial charge in [0.05, 0.1) is 0 Å². The zero-order chi connectivity index (χ0) is 42.0. The second-order valence-corrected chi connectivity index (χ2v) is 35.1. The van der Waals surface area contributed by atoms with E-state index in [1.807, 2.05) is 0 Å². The predicted molar refractivity (Wildman–Crippen MR) is 250 cm³/mol. The first-order valence-electron chi connectivity index (χ1n) is 19.7. The molecule has 0 nitrogen and oxygen atoms in total. The molecular formula is C52H64Cl2Si2Zr2-2. The molecule has 0 atom stereocenters. The molecule has 0 bridgehead atoms. The molecule has 0 unspecified atom stereocenters. The SMILES string of the molecule is C[Si](C)=[Zr+2].C[Si](C)=[Zr+2].Cc1cc2cc(C)c(C)cc2[cH-]1.Cc1cc2cc(C)c(C)cc2[cH-]1.Cc1cc2cc(C)c(C)cc2[cH-]1.Cc1cc2cc(C)c(C)cc2[cH-]1.[Cl-].[Cl-]. The number of rotatable bonds is 0. The molecule has 0 spiro atoms. The molecule has 0 aromatic heterocycles. The van der Waals surface area contributed by atoms with Crippen molar-refractivity contribution in [2.75, 3.05) is 0 Å². The standard InChI is InChI=1S/4C12H13.2C2H6Si.2ClH.2Zr/c4*1-8-4-11-6-9(2)10(3)7-12(11)5-8;2*1-3-2;;;;/h4*4-7H,1-3H3;2*1-2H3;2*1H;;/q4*-1;;;;;2*+2/p-2. The Kier molecular flexibility index (Phi) is 23.5. The topological polar surface area (TPSA) is 0 Å². The molecule has 304 valence electrons. The predicted octanol–water partition coefficient (Wildman–Crippen LogP) is 9.51. The number of fused-ring (bicyclic) bond motifs is 4. The quantitative estimate of drug-likeness (QED) is 0.105. The summed E-state index contributed by atoms with van der Waals surface area (Å²) in [6, 6.07) is 36.0. The van der Waals surface area contributed by atoms with Crippen molar-refractivity contribution in [2.24, 2.45) is 0 Å². The van der Waals surface area contributed by atoms with Crippen LogP contribution in [0.1, 0.15) is 66.8 Å². The van der Waals surface area contributed by atoms with Gasteiger partial charge in [-0.15, -0.1) is 138 Å². The number of hydrogen-bond donors (Lipinski definition) is 0. The van der Waals surface area contributed by atoms with Crippen LogP contribution in [-0.2, 0) is 46.7 Å². The summed E-state index contributed by atoms with van der Waals surface area (Å²) >= 11 is 3.48. The van der Waals surface area contributed by atoms with Crippen molar-refractivity contribution < 1.29 is 71.5 Å². The van der Waals surface area contributed by atoms with Gasteiger partial charge in [0.25, 0.3) is 0 Å². The summed E-state index contributed by atoms with van der Waals surface area (Å²) in [5.41, 5.74) is 16.9. The van der Waals surface area contributed by atoms with Crippen LogP contribution in [0.4, 0.5) is 0 Å². The van der Waals surface area contributed by atoms with E-state index in [4.69, 9.17) is 0 Å². The Hall–Kier alpha value is -1.90. The molecule has 8 aromatic carbocycles. The van der Waals surface area contributed by atoms with Crippen LogP contribution in [0, 0.1) is 83.1 Å². The fourth-order valence-electron chi connectivity index (χ4n) is 6.57. The third kappa shape index (κ3) is 17.2. The van der Waals surface area contributed by atoms with Crippen molar-refractivity contribution >= 4 is 54.0 Å². The van der Waals surface area contributed by atoms with Gasteiger partial charge in [-0.2, -0.15) is 24.3 Å². The minimum atomic E-state index is 0. The molecule has 0 amide bonds. The average molecular weight is 999 g/mol. The van der Waals surface area contributed by atoms with Crippen LogP contribution in [0.5, 0.6) is 0 Å². The third-order valence-electron chi connectivity index (χ3n) is 9.86. The van der Waals surface area contributed by atoms with Gasteiger partial charge in [0, 0.05) is 0 Å². The van der Waals surface area contributed by atoms with Crippen molar-refractivity contribution in [1.29, 1.82) is 0 Å². The first kappa shape index (κ1) is 54.1. The first-order valence-corrected chi connectivity index (χ1v) is 32.1. The molecular weight excluding hydrogens is 934 g/mol. The molecule has 0 aliphatic carbocycles. The van der Waals surface area contributed by atoms with E-state index in [1.165, 1.54) is 110 Å². The Morgan fingerprint density at radius 3 is 0.586 bits per heavy atom. The monoisotopic (exact) mass is 994 g/mol. The summed E-state index contributed by atoms with van der Waals surface area (Å²) < 4.78 is 0. The van der Waals surface area contributed by atoms with Crippen LogP contribution < -0.4 is 24.8 Å². The number of benzene rings is 4. The molecule has 6 heteroatoms. The molecule has 58 heavy (non-hydrogen) atoms. The van der Waals surface area contributed by atoms with Gasteiger partial charge in [0.15, 0.2) is 0 Å². The molecule has 8 rings (SSSR count). The van der Waals surface area contributed by atoms with E-state index in [9.17, 15) is 0 Å². The van der Waals surface area contributed by atoms with Crippen molar-refractivity contribution in [3.63, 3.8) is 0 Å². The Labute approximate surface area is 394 Å². The summed E-state index contributed by atoms with van der Waals surface area (Å²) in [7, 11) is 0. The molecule has 0 aliphatic heterocycles. The van der Waals surface area contributed by atoms with Crippen LogP contribution >= 0.6 is 0 Å². The van der Waals surface area contributed by atoms with Crippen molar-refractivity contribution in [2.45, 2.75) is 109 Å². The maximum Gasteiger partial charge on any atom is -0.0411 e. The minimum Gasteiger partial charge on any atom is -1.00 e. The van der Waals surface area contributed by atoms with Crippen LogP contribution in [0.2, 0.25) is 26.2 Å². The molecule has 0 N–H and O–H groups in total. The average Bonchev–Trinajstić information content (AvgIpc) is 3.82. The first-order chi connectivity index (χ1) is 26.1. The second kappa shape index (κ2) is 25.1. The third-order valence-corrected chi connectivity index (χ3v) is 9.86. The summed E-state index contributed by atoms with van der Waals surface area (Å²) in [4.78, 5) is 0. The zero-order valence-electron chi connectivity index (χ0n) is 38.0. The number of halogens is 2. The van der Waals surface area contributed by atoms with E-state index in [1.54, 1.807) is 46.7 Å². The smallest absolute Gasteiger partial charge is 0.0411 e. The zero-order valence-corrected chi connectivity index (χ0v) is 46.4. The Morgan fingerprint density at radius 1 is 0.293 bits per heavy atom. The number of hydrogen-bond acceptors (Lipinski definition) is 0. The van der Waals surface area contributed by atoms with E-state index in [0.29, 0.717) is 0 Å². The van der Waals surface area contributed by atoms with Crippen molar-refractivity contribution in [3.05, 3.63) is 164 Å². The van der Waals surface area contributed by atoms with Gasteiger partial charge in [-0.05, 0) is 55.4 Å². The summed E-state index contributed by atoms with van der Waals surface area (Å²) in [6.45, 7) is 35.1. The van der Waals surface area contributed by atoms with Gasteiger partial charge in [0.1, 0.15) is 0 Å². The molecule has 0 saturated carbocycles. The van der Waals surface area contributed by atoms with E-state index in [2.05, 4.69) is 206 Å². The summed E-state index contributed by atoms with van der Waals surface area (Å²) in [5, 5.41) is 11.0. The van der Waals surface area contributed by atoms with Crippen molar-refractivity contribution in [1.82, 2.24) is 0 Å². The largest absolute Gasteiger partial charge is 1.00 e. The summed E-state index contributed by atoms with van der Waals surface area (Å²) in [5.74, 6) is 0. The normalized spacial score (nSPS) is 10.0.